The van der Waals surface area contributed by atoms with E-state index in [1.54, 1.807) is 4.90 Å². The van der Waals surface area contributed by atoms with Gasteiger partial charge in [-0.25, -0.2) is 0 Å². The maximum atomic E-state index is 10.8. The Bertz CT molecular complexity index is 188. The van der Waals surface area contributed by atoms with Crippen molar-refractivity contribution in [3.63, 3.8) is 0 Å². The minimum atomic E-state index is -0.325. The molecule has 1 heterocycles. The summed E-state index contributed by atoms with van der Waals surface area (Å²) in [5.74, 6) is 0.273. The van der Waals surface area contributed by atoms with Gasteiger partial charge >= 0.3 is 0 Å². The van der Waals surface area contributed by atoms with Gasteiger partial charge in [0, 0.05) is 19.5 Å². The lowest BCUT2D eigenvalue weighted by molar-refractivity contribution is -0.108. The number of rotatable bonds is 3. The third-order valence-electron chi connectivity index (χ3n) is 2.62. The van der Waals surface area contributed by atoms with Crippen molar-refractivity contribution in [2.24, 2.45) is 5.92 Å². The highest BCUT2D eigenvalue weighted by molar-refractivity contribution is 6.56. The maximum absolute atomic E-state index is 10.8. The summed E-state index contributed by atoms with van der Waals surface area (Å²) in [6, 6.07) is 0. The van der Waals surface area contributed by atoms with Gasteiger partial charge in [-0.05, 0) is 25.2 Å². The highest BCUT2D eigenvalue weighted by atomic mass is 16.1. The van der Waals surface area contributed by atoms with E-state index in [0.29, 0.717) is 12.3 Å². The minimum absolute atomic E-state index is 0.325. The van der Waals surface area contributed by atoms with Gasteiger partial charge < -0.3 is 9.69 Å². The Labute approximate surface area is 79.9 Å². The number of hydrogen-bond acceptors (Lipinski definition) is 2. The molecule has 3 nitrogen and oxygen atoms in total. The molecule has 1 saturated heterocycles. The van der Waals surface area contributed by atoms with Gasteiger partial charge in [0.2, 0.25) is 7.85 Å². The normalized spacial score (nSPS) is 18.6. The molecule has 0 aliphatic carbocycles. The van der Waals surface area contributed by atoms with Crippen LogP contribution in [0.4, 0.5) is 4.79 Å². The number of piperidine rings is 1. The average molecular weight is 179 g/mol. The predicted molar refractivity (Wildman–Crippen MR) is 50.7 cm³/mol. The van der Waals surface area contributed by atoms with Gasteiger partial charge in [-0.15, -0.1) is 0 Å². The molecule has 0 saturated carbocycles. The summed E-state index contributed by atoms with van der Waals surface area (Å²) in [4.78, 5) is 22.6. The zero-order valence-corrected chi connectivity index (χ0v) is 7.74. The maximum Gasteiger partial charge on any atom is 0.200 e. The largest absolute Gasteiger partial charge is 0.353 e. The molecule has 2 radical (unpaired) electrons. The molecule has 1 aliphatic rings. The number of aldehydes is 1. The van der Waals surface area contributed by atoms with Gasteiger partial charge in [0.25, 0.3) is 0 Å². The number of likely N-dealkylation sites (tertiary alicyclic amines) is 1. The van der Waals surface area contributed by atoms with E-state index in [-0.39, 0.29) is 5.81 Å². The lowest BCUT2D eigenvalue weighted by Gasteiger charge is -2.31. The third-order valence-corrected chi connectivity index (χ3v) is 2.62. The van der Waals surface area contributed by atoms with Gasteiger partial charge in [0.05, 0.1) is 0 Å². The van der Waals surface area contributed by atoms with Crippen LogP contribution in [0, 0.1) is 5.92 Å². The fraction of sp³-hybridized carbons (Fsp3) is 0.778. The van der Waals surface area contributed by atoms with E-state index in [0.717, 1.165) is 38.6 Å². The molecule has 0 bridgehead atoms. The van der Waals surface area contributed by atoms with E-state index in [4.69, 9.17) is 7.85 Å². The highest BCUT2D eigenvalue weighted by Crippen LogP contribution is 2.21. The average Bonchev–Trinajstić information content (AvgIpc) is 2.15. The molecule has 1 fully saturated rings. The van der Waals surface area contributed by atoms with Crippen molar-refractivity contribution in [3.8, 4) is 0 Å². The number of amides is 1. The van der Waals surface area contributed by atoms with E-state index in [9.17, 15) is 9.59 Å². The molecule has 0 aromatic carbocycles. The van der Waals surface area contributed by atoms with Crippen molar-refractivity contribution in [1.82, 2.24) is 4.90 Å². The van der Waals surface area contributed by atoms with Crippen LogP contribution in [0.2, 0.25) is 0 Å². The van der Waals surface area contributed by atoms with Crippen LogP contribution in [0.1, 0.15) is 25.7 Å². The fourth-order valence-electron chi connectivity index (χ4n) is 1.75. The second-order valence-corrected chi connectivity index (χ2v) is 3.51. The van der Waals surface area contributed by atoms with E-state index >= 15 is 0 Å². The van der Waals surface area contributed by atoms with E-state index < -0.39 is 0 Å². The van der Waals surface area contributed by atoms with Crippen LogP contribution in [0.5, 0.6) is 0 Å². The first-order valence-electron chi connectivity index (χ1n) is 4.72. The van der Waals surface area contributed by atoms with E-state index in [1.165, 1.54) is 0 Å². The SMILES string of the molecule is [B]C(=O)N1CCC(CCC=O)CC1. The Hall–Kier alpha value is -0.795. The van der Waals surface area contributed by atoms with Crippen LogP contribution in [0.25, 0.3) is 0 Å². The number of nitrogens with zero attached hydrogens (tertiary/aromatic N) is 1. The summed E-state index contributed by atoms with van der Waals surface area (Å²) in [5, 5.41) is 0. The third kappa shape index (κ3) is 3.21. The van der Waals surface area contributed by atoms with E-state index in [2.05, 4.69) is 0 Å². The van der Waals surface area contributed by atoms with Crippen LogP contribution in [0.3, 0.4) is 0 Å². The Kier molecular flexibility index (Phi) is 3.99. The second kappa shape index (κ2) is 5.05. The monoisotopic (exact) mass is 179 g/mol. The van der Waals surface area contributed by atoms with Crippen LogP contribution >= 0.6 is 0 Å². The van der Waals surface area contributed by atoms with Crippen molar-refractivity contribution in [1.29, 1.82) is 0 Å². The Morgan fingerprint density at radius 3 is 2.54 bits per heavy atom. The van der Waals surface area contributed by atoms with Gasteiger partial charge in [-0.2, -0.15) is 0 Å². The predicted octanol–water partition coefficient (Wildman–Crippen LogP) is 0.966. The molecule has 0 unspecified atom stereocenters. The molecule has 0 N–H and O–H groups in total. The molecule has 0 aromatic heterocycles. The molecule has 1 rings (SSSR count). The van der Waals surface area contributed by atoms with Gasteiger partial charge in [-0.3, -0.25) is 4.79 Å². The summed E-state index contributed by atoms with van der Waals surface area (Å²) in [6.45, 7) is 1.50. The van der Waals surface area contributed by atoms with Gasteiger partial charge in [0.15, 0.2) is 5.81 Å². The zero-order chi connectivity index (χ0) is 9.68. The number of carbonyl (C=O) groups excluding carboxylic acids is 2. The quantitative estimate of drug-likeness (QED) is 0.478. The van der Waals surface area contributed by atoms with Crippen molar-refractivity contribution < 1.29 is 9.59 Å². The summed E-state index contributed by atoms with van der Waals surface area (Å²) in [6.07, 6.45) is 4.52. The van der Waals surface area contributed by atoms with Crippen molar-refractivity contribution >= 4 is 19.9 Å². The van der Waals surface area contributed by atoms with Crippen LogP contribution in [-0.4, -0.2) is 37.9 Å². The summed E-state index contributed by atoms with van der Waals surface area (Å²) < 4.78 is 0. The molecule has 1 aliphatic heterocycles. The first-order valence-corrected chi connectivity index (χ1v) is 4.72. The van der Waals surface area contributed by atoms with Gasteiger partial charge in [-0.1, -0.05) is 0 Å². The second-order valence-electron chi connectivity index (χ2n) is 3.51. The van der Waals surface area contributed by atoms with Crippen LogP contribution in [0.15, 0.2) is 0 Å². The standard InChI is InChI=1S/C9H14BNO2/c10-9(13)11-5-3-8(4-6-11)2-1-7-12/h7-8H,1-6H2. The molecule has 1 amide bonds. The van der Waals surface area contributed by atoms with Crippen LogP contribution < -0.4 is 0 Å². The summed E-state index contributed by atoms with van der Waals surface area (Å²) in [5.41, 5.74) is 0. The lowest BCUT2D eigenvalue weighted by atomic mass is 9.91. The lowest BCUT2D eigenvalue weighted by Crippen LogP contribution is -2.37. The number of hydrogen-bond donors (Lipinski definition) is 0. The molecular formula is C9H14BNO2. The first kappa shape index (κ1) is 10.3. The van der Waals surface area contributed by atoms with Crippen LogP contribution in [-0.2, 0) is 4.79 Å². The molecule has 4 heteroatoms. The van der Waals surface area contributed by atoms with Crippen molar-refractivity contribution in [2.75, 3.05) is 13.1 Å². The molecule has 0 aromatic rings. The molecule has 13 heavy (non-hydrogen) atoms. The Morgan fingerprint density at radius 1 is 1.46 bits per heavy atom. The van der Waals surface area contributed by atoms with Crippen molar-refractivity contribution in [2.45, 2.75) is 25.7 Å². The smallest absolute Gasteiger partial charge is 0.200 e. The Balaban J connectivity index is 2.22. The fourth-order valence-corrected chi connectivity index (χ4v) is 1.75. The first-order chi connectivity index (χ1) is 6.24. The molecule has 70 valence electrons. The topological polar surface area (TPSA) is 37.4 Å². The minimum Gasteiger partial charge on any atom is -0.353 e. The molecule has 0 spiro atoms. The highest BCUT2D eigenvalue weighted by Gasteiger charge is 2.19. The number of carbonyl (C=O) groups is 2. The van der Waals surface area contributed by atoms with Gasteiger partial charge in [0.1, 0.15) is 6.29 Å². The van der Waals surface area contributed by atoms with Crippen molar-refractivity contribution in [3.05, 3.63) is 0 Å². The van der Waals surface area contributed by atoms with E-state index in [1.807, 2.05) is 0 Å². The molecular weight excluding hydrogens is 165 g/mol. The zero-order valence-electron chi connectivity index (χ0n) is 7.74. The Morgan fingerprint density at radius 2 is 2.08 bits per heavy atom. The summed E-state index contributed by atoms with van der Waals surface area (Å²) >= 11 is 0. The molecule has 0 atom stereocenters. The summed E-state index contributed by atoms with van der Waals surface area (Å²) in [7, 11) is 5.14.